The highest BCUT2D eigenvalue weighted by Gasteiger charge is 2.28. The molecule has 2 aliphatic rings. The van der Waals surface area contributed by atoms with Gasteiger partial charge < -0.3 is 10.1 Å². The van der Waals surface area contributed by atoms with Crippen molar-refractivity contribution in [3.63, 3.8) is 0 Å². The summed E-state index contributed by atoms with van der Waals surface area (Å²) in [6.45, 7) is 0. The zero-order valence-corrected chi connectivity index (χ0v) is 12.1. The lowest BCUT2D eigenvalue weighted by Crippen LogP contribution is -2.39. The molecule has 0 saturated heterocycles. The Morgan fingerprint density at radius 2 is 2.21 bits per heavy atom. The number of nitrogens with zero attached hydrogens (tertiary/aromatic N) is 2. The molecule has 0 bridgehead atoms. The van der Waals surface area contributed by atoms with E-state index in [4.69, 9.17) is 4.74 Å². The van der Waals surface area contributed by atoms with Gasteiger partial charge in [0.2, 0.25) is 0 Å². The van der Waals surface area contributed by atoms with Crippen molar-refractivity contribution in [2.75, 3.05) is 7.11 Å². The van der Waals surface area contributed by atoms with Crippen molar-refractivity contribution in [2.45, 2.75) is 63.1 Å². The second-order valence-corrected chi connectivity index (χ2v) is 6.00. The number of aryl methyl sites for hydroxylation is 1. The van der Waals surface area contributed by atoms with Gasteiger partial charge in [-0.25, -0.2) is 0 Å². The first kappa shape index (κ1) is 13.1. The Bertz CT molecular complexity index is 429. The van der Waals surface area contributed by atoms with Crippen LogP contribution in [0.15, 0.2) is 6.20 Å². The molecule has 2 aliphatic carbocycles. The van der Waals surface area contributed by atoms with Crippen molar-refractivity contribution in [1.82, 2.24) is 15.1 Å². The fourth-order valence-corrected chi connectivity index (χ4v) is 3.67. The Morgan fingerprint density at radius 3 is 3.05 bits per heavy atom. The van der Waals surface area contributed by atoms with Crippen LogP contribution in [0, 0.1) is 0 Å². The molecule has 3 unspecified atom stereocenters. The topological polar surface area (TPSA) is 39.1 Å². The predicted octanol–water partition coefficient (Wildman–Crippen LogP) is 2.34. The van der Waals surface area contributed by atoms with Gasteiger partial charge in [-0.2, -0.15) is 5.10 Å². The van der Waals surface area contributed by atoms with Gasteiger partial charge in [-0.15, -0.1) is 0 Å². The third-order valence-corrected chi connectivity index (χ3v) is 4.77. The second kappa shape index (κ2) is 5.63. The monoisotopic (exact) mass is 263 g/mol. The van der Waals surface area contributed by atoms with Gasteiger partial charge in [0, 0.05) is 37.5 Å². The lowest BCUT2D eigenvalue weighted by atomic mass is 9.88. The quantitative estimate of drug-likeness (QED) is 0.910. The molecule has 1 aromatic heterocycles. The molecule has 1 saturated carbocycles. The highest BCUT2D eigenvalue weighted by atomic mass is 16.5. The molecule has 19 heavy (non-hydrogen) atoms. The summed E-state index contributed by atoms with van der Waals surface area (Å²) in [5.74, 6) is 0. The SMILES string of the molecule is COC1CCCC(NC2CCCc3c2cnn3C)C1. The van der Waals surface area contributed by atoms with Crippen molar-refractivity contribution in [3.8, 4) is 0 Å². The van der Waals surface area contributed by atoms with E-state index >= 15 is 0 Å². The minimum atomic E-state index is 0.447. The van der Waals surface area contributed by atoms with E-state index in [0.29, 0.717) is 18.2 Å². The summed E-state index contributed by atoms with van der Waals surface area (Å²) in [6.07, 6.45) is 11.1. The van der Waals surface area contributed by atoms with Crippen molar-refractivity contribution >= 4 is 0 Å². The van der Waals surface area contributed by atoms with E-state index in [0.717, 1.165) is 6.42 Å². The lowest BCUT2D eigenvalue weighted by molar-refractivity contribution is 0.0564. The van der Waals surface area contributed by atoms with Crippen molar-refractivity contribution < 1.29 is 4.74 Å². The second-order valence-electron chi connectivity index (χ2n) is 6.00. The average Bonchev–Trinajstić information content (AvgIpc) is 2.82. The van der Waals surface area contributed by atoms with Gasteiger partial charge in [0.25, 0.3) is 0 Å². The Morgan fingerprint density at radius 1 is 1.32 bits per heavy atom. The molecule has 0 aromatic carbocycles. The van der Waals surface area contributed by atoms with Crippen LogP contribution in [0.2, 0.25) is 0 Å². The van der Waals surface area contributed by atoms with Crippen molar-refractivity contribution in [1.29, 1.82) is 0 Å². The van der Waals surface area contributed by atoms with E-state index in [1.165, 1.54) is 49.8 Å². The summed E-state index contributed by atoms with van der Waals surface area (Å²) in [5.41, 5.74) is 2.84. The number of ether oxygens (including phenoxy) is 1. The van der Waals surface area contributed by atoms with Crippen LogP contribution in [-0.4, -0.2) is 29.0 Å². The largest absolute Gasteiger partial charge is 0.381 e. The summed E-state index contributed by atoms with van der Waals surface area (Å²) in [4.78, 5) is 0. The molecule has 1 N–H and O–H groups in total. The number of methoxy groups -OCH3 is 1. The lowest BCUT2D eigenvalue weighted by Gasteiger charge is -2.33. The third kappa shape index (κ3) is 2.70. The van der Waals surface area contributed by atoms with Gasteiger partial charge in [-0.05, 0) is 44.9 Å². The standard InChI is InChI=1S/C15H25N3O/c1-18-15-8-4-7-14(13(15)10-16-18)17-11-5-3-6-12(9-11)19-2/h10-12,14,17H,3-9H2,1-2H3. The molecule has 0 aliphatic heterocycles. The van der Waals surface area contributed by atoms with Crippen LogP contribution in [0.25, 0.3) is 0 Å². The molecular weight excluding hydrogens is 238 g/mol. The maximum Gasteiger partial charge on any atom is 0.0586 e. The van der Waals surface area contributed by atoms with E-state index in [9.17, 15) is 0 Å². The van der Waals surface area contributed by atoms with Gasteiger partial charge in [0.05, 0.1) is 12.3 Å². The summed E-state index contributed by atoms with van der Waals surface area (Å²) in [7, 11) is 3.90. The highest BCUT2D eigenvalue weighted by molar-refractivity contribution is 5.24. The van der Waals surface area contributed by atoms with E-state index in [1.807, 2.05) is 11.8 Å². The summed E-state index contributed by atoms with van der Waals surface area (Å²) in [6, 6.07) is 1.10. The minimum absolute atomic E-state index is 0.447. The molecule has 3 atom stereocenters. The van der Waals surface area contributed by atoms with Crippen LogP contribution in [-0.2, 0) is 18.2 Å². The smallest absolute Gasteiger partial charge is 0.0586 e. The fraction of sp³-hybridized carbons (Fsp3) is 0.800. The predicted molar refractivity (Wildman–Crippen MR) is 75.1 cm³/mol. The molecule has 1 aromatic rings. The molecule has 4 heteroatoms. The van der Waals surface area contributed by atoms with Crippen LogP contribution < -0.4 is 5.32 Å². The number of rotatable bonds is 3. The number of fused-ring (bicyclic) bond motifs is 1. The number of hydrogen-bond acceptors (Lipinski definition) is 3. The van der Waals surface area contributed by atoms with Gasteiger partial charge in [-0.3, -0.25) is 4.68 Å². The van der Waals surface area contributed by atoms with Crippen LogP contribution in [0.3, 0.4) is 0 Å². The third-order valence-electron chi connectivity index (χ3n) is 4.77. The summed E-state index contributed by atoms with van der Waals surface area (Å²) >= 11 is 0. The molecule has 4 nitrogen and oxygen atoms in total. The zero-order valence-electron chi connectivity index (χ0n) is 12.1. The Kier molecular flexibility index (Phi) is 3.89. The van der Waals surface area contributed by atoms with Crippen LogP contribution in [0.5, 0.6) is 0 Å². The van der Waals surface area contributed by atoms with E-state index in [-0.39, 0.29) is 0 Å². The molecule has 0 amide bonds. The zero-order chi connectivity index (χ0) is 13.2. The maximum absolute atomic E-state index is 5.53. The fourth-order valence-electron chi connectivity index (χ4n) is 3.67. The van der Waals surface area contributed by atoms with Gasteiger partial charge >= 0.3 is 0 Å². The average molecular weight is 263 g/mol. The maximum atomic E-state index is 5.53. The Hall–Kier alpha value is -0.870. The minimum Gasteiger partial charge on any atom is -0.381 e. The first-order chi connectivity index (χ1) is 9.28. The summed E-state index contributed by atoms with van der Waals surface area (Å²) < 4.78 is 7.57. The Labute approximate surface area is 115 Å². The number of hydrogen-bond donors (Lipinski definition) is 1. The molecule has 106 valence electrons. The number of nitrogens with one attached hydrogen (secondary N) is 1. The molecule has 1 heterocycles. The van der Waals surface area contributed by atoms with Gasteiger partial charge in [0.15, 0.2) is 0 Å². The highest BCUT2D eigenvalue weighted by Crippen LogP contribution is 2.31. The Balaban J connectivity index is 1.67. The van der Waals surface area contributed by atoms with Gasteiger partial charge in [-0.1, -0.05) is 0 Å². The molecule has 0 radical (unpaired) electrons. The van der Waals surface area contributed by atoms with Crippen LogP contribution >= 0.6 is 0 Å². The summed E-state index contributed by atoms with van der Waals surface area (Å²) in [5, 5.41) is 8.28. The molecule has 0 spiro atoms. The van der Waals surface area contributed by atoms with E-state index in [1.54, 1.807) is 0 Å². The van der Waals surface area contributed by atoms with Crippen molar-refractivity contribution in [2.24, 2.45) is 7.05 Å². The molecule has 1 fully saturated rings. The van der Waals surface area contributed by atoms with E-state index in [2.05, 4.69) is 23.7 Å². The van der Waals surface area contributed by atoms with Crippen molar-refractivity contribution in [3.05, 3.63) is 17.5 Å². The van der Waals surface area contributed by atoms with Crippen LogP contribution in [0.1, 0.15) is 55.8 Å². The first-order valence-electron chi connectivity index (χ1n) is 7.57. The molecule has 3 rings (SSSR count). The van der Waals surface area contributed by atoms with E-state index < -0.39 is 0 Å². The van der Waals surface area contributed by atoms with Crippen LogP contribution in [0.4, 0.5) is 0 Å². The number of aromatic nitrogens is 2. The molecular formula is C15H25N3O. The normalized spacial score (nSPS) is 31.2. The first-order valence-corrected chi connectivity index (χ1v) is 7.57. The van der Waals surface area contributed by atoms with Gasteiger partial charge in [0.1, 0.15) is 0 Å².